The first-order valence-corrected chi connectivity index (χ1v) is 7.45. The summed E-state index contributed by atoms with van der Waals surface area (Å²) in [6, 6.07) is 5.62. The van der Waals surface area contributed by atoms with Crippen molar-refractivity contribution >= 4 is 5.91 Å². The fraction of sp³-hybridized carbons (Fsp3) is 0.500. The van der Waals surface area contributed by atoms with Gasteiger partial charge in [0.25, 0.3) is 5.91 Å². The summed E-state index contributed by atoms with van der Waals surface area (Å²) in [5.74, 6) is 6.09. The molecule has 0 fully saturated rings. The molecule has 1 amide bonds. The van der Waals surface area contributed by atoms with Gasteiger partial charge in [0.2, 0.25) is 0 Å². The molecule has 0 aliphatic heterocycles. The van der Waals surface area contributed by atoms with E-state index in [2.05, 4.69) is 31.0 Å². The van der Waals surface area contributed by atoms with E-state index in [1.165, 1.54) is 0 Å². The van der Waals surface area contributed by atoms with E-state index in [1.54, 1.807) is 6.07 Å². The van der Waals surface area contributed by atoms with Gasteiger partial charge >= 0.3 is 0 Å². The zero-order valence-corrected chi connectivity index (χ0v) is 13.4. The van der Waals surface area contributed by atoms with Gasteiger partial charge < -0.3 is 10.4 Å². The number of hydrogen-bond donors (Lipinski definition) is 2. The lowest BCUT2D eigenvalue weighted by Crippen LogP contribution is -2.32. The van der Waals surface area contributed by atoms with Gasteiger partial charge in [-0.05, 0) is 56.4 Å². The molecule has 0 saturated heterocycles. The van der Waals surface area contributed by atoms with E-state index in [1.807, 2.05) is 26.0 Å². The number of aryl methyl sites for hydroxylation is 1. The average molecular weight is 287 g/mol. The second kappa shape index (κ2) is 8.49. The highest BCUT2D eigenvalue weighted by molar-refractivity contribution is 5.94. The Bertz CT molecular complexity index is 538. The lowest BCUT2D eigenvalue weighted by atomic mass is 10.0. The van der Waals surface area contributed by atoms with Crippen LogP contribution in [0.5, 0.6) is 0 Å². The topological polar surface area (TPSA) is 49.3 Å². The van der Waals surface area contributed by atoms with Gasteiger partial charge in [0.1, 0.15) is 6.61 Å². The van der Waals surface area contributed by atoms with Crippen molar-refractivity contribution in [3.05, 3.63) is 34.9 Å². The van der Waals surface area contributed by atoms with Crippen molar-refractivity contribution in [2.24, 2.45) is 5.92 Å². The number of amides is 1. The van der Waals surface area contributed by atoms with Crippen LogP contribution in [0.25, 0.3) is 0 Å². The number of hydrogen-bond acceptors (Lipinski definition) is 2. The first-order chi connectivity index (χ1) is 9.93. The molecule has 0 bridgehead atoms. The number of carbonyl (C=O) groups excluding carboxylic acids is 1. The summed E-state index contributed by atoms with van der Waals surface area (Å²) in [6.45, 7) is 8.16. The molecule has 1 aromatic carbocycles. The molecule has 0 heterocycles. The van der Waals surface area contributed by atoms with E-state index < -0.39 is 0 Å². The number of rotatable bonds is 5. The maximum absolute atomic E-state index is 12.2. The van der Waals surface area contributed by atoms with Crippen molar-refractivity contribution in [3.8, 4) is 11.8 Å². The highest BCUT2D eigenvalue weighted by Crippen LogP contribution is 2.11. The molecule has 1 aromatic rings. The summed E-state index contributed by atoms with van der Waals surface area (Å²) in [6.07, 6.45) is 2.10. The standard InChI is InChI=1S/C18H25NO2/c1-13(2)7-8-15(4)19-18(21)17-10-9-16(6-5-11-20)14(3)12-17/h9-10,12-13,15,20H,7-8,11H2,1-4H3,(H,19,21). The summed E-state index contributed by atoms with van der Waals surface area (Å²) < 4.78 is 0. The molecule has 0 aliphatic rings. The molecule has 1 unspecified atom stereocenters. The maximum Gasteiger partial charge on any atom is 0.251 e. The molecular weight excluding hydrogens is 262 g/mol. The van der Waals surface area contributed by atoms with Crippen LogP contribution in [0.3, 0.4) is 0 Å². The van der Waals surface area contributed by atoms with Gasteiger partial charge in [0.15, 0.2) is 0 Å². The maximum atomic E-state index is 12.2. The Morgan fingerprint density at radius 2 is 2.00 bits per heavy atom. The van der Waals surface area contributed by atoms with Gasteiger partial charge in [-0.1, -0.05) is 25.7 Å². The highest BCUT2D eigenvalue weighted by atomic mass is 16.2. The molecule has 3 nitrogen and oxygen atoms in total. The zero-order chi connectivity index (χ0) is 15.8. The summed E-state index contributed by atoms with van der Waals surface area (Å²) in [5.41, 5.74) is 2.44. The van der Waals surface area contributed by atoms with Gasteiger partial charge in [-0.25, -0.2) is 0 Å². The van der Waals surface area contributed by atoms with Gasteiger partial charge in [-0.2, -0.15) is 0 Å². The summed E-state index contributed by atoms with van der Waals surface area (Å²) in [4.78, 5) is 12.2. The van der Waals surface area contributed by atoms with Crippen LogP contribution in [0.2, 0.25) is 0 Å². The Morgan fingerprint density at radius 3 is 2.57 bits per heavy atom. The third-order valence-corrected chi connectivity index (χ3v) is 3.35. The van der Waals surface area contributed by atoms with E-state index in [-0.39, 0.29) is 18.6 Å². The average Bonchev–Trinajstić information content (AvgIpc) is 2.43. The fourth-order valence-electron chi connectivity index (χ4n) is 2.04. The first-order valence-electron chi connectivity index (χ1n) is 7.45. The Labute approximate surface area is 127 Å². The molecule has 0 aliphatic carbocycles. The van der Waals surface area contributed by atoms with Crippen LogP contribution in [0.1, 0.15) is 55.1 Å². The number of aliphatic hydroxyl groups excluding tert-OH is 1. The SMILES string of the molecule is Cc1cc(C(=O)NC(C)CCC(C)C)ccc1C#CCO. The van der Waals surface area contributed by atoms with Gasteiger partial charge in [0, 0.05) is 17.2 Å². The van der Waals surface area contributed by atoms with Crippen molar-refractivity contribution in [2.45, 2.75) is 46.6 Å². The van der Waals surface area contributed by atoms with E-state index in [0.717, 1.165) is 24.0 Å². The van der Waals surface area contributed by atoms with E-state index in [9.17, 15) is 4.79 Å². The minimum Gasteiger partial charge on any atom is -0.384 e. The van der Waals surface area contributed by atoms with Crippen LogP contribution in [-0.2, 0) is 0 Å². The smallest absolute Gasteiger partial charge is 0.251 e. The Balaban J connectivity index is 2.68. The monoisotopic (exact) mass is 287 g/mol. The molecule has 0 radical (unpaired) electrons. The summed E-state index contributed by atoms with van der Waals surface area (Å²) >= 11 is 0. The highest BCUT2D eigenvalue weighted by Gasteiger charge is 2.11. The molecule has 114 valence electrons. The first kappa shape index (κ1) is 17.3. The van der Waals surface area contributed by atoms with Crippen LogP contribution in [0.15, 0.2) is 18.2 Å². The van der Waals surface area contributed by atoms with E-state index >= 15 is 0 Å². The predicted octanol–water partition coefficient (Wildman–Crippen LogP) is 2.89. The normalized spacial score (nSPS) is 11.7. The largest absolute Gasteiger partial charge is 0.384 e. The number of benzene rings is 1. The fourth-order valence-corrected chi connectivity index (χ4v) is 2.04. The van der Waals surface area contributed by atoms with Crippen LogP contribution < -0.4 is 5.32 Å². The van der Waals surface area contributed by atoms with Crippen molar-refractivity contribution < 1.29 is 9.90 Å². The molecular formula is C18H25NO2. The molecule has 1 atom stereocenters. The Kier molecular flexibility index (Phi) is 6.98. The minimum atomic E-state index is -0.158. The van der Waals surface area contributed by atoms with Crippen LogP contribution >= 0.6 is 0 Å². The van der Waals surface area contributed by atoms with Crippen molar-refractivity contribution in [1.82, 2.24) is 5.32 Å². The van der Waals surface area contributed by atoms with E-state index in [4.69, 9.17) is 5.11 Å². The van der Waals surface area contributed by atoms with Crippen molar-refractivity contribution in [3.63, 3.8) is 0 Å². The second-order valence-electron chi connectivity index (χ2n) is 5.84. The molecule has 21 heavy (non-hydrogen) atoms. The number of nitrogens with one attached hydrogen (secondary N) is 1. The minimum absolute atomic E-state index is 0.0453. The zero-order valence-electron chi connectivity index (χ0n) is 13.4. The van der Waals surface area contributed by atoms with Crippen molar-refractivity contribution in [1.29, 1.82) is 0 Å². The molecule has 0 spiro atoms. The van der Waals surface area contributed by atoms with Crippen molar-refractivity contribution in [2.75, 3.05) is 6.61 Å². The number of aliphatic hydroxyl groups is 1. The van der Waals surface area contributed by atoms with Gasteiger partial charge in [-0.3, -0.25) is 4.79 Å². The van der Waals surface area contributed by atoms with Gasteiger partial charge in [-0.15, -0.1) is 0 Å². The lowest BCUT2D eigenvalue weighted by molar-refractivity contribution is 0.0937. The second-order valence-corrected chi connectivity index (χ2v) is 5.84. The van der Waals surface area contributed by atoms with Crippen LogP contribution in [-0.4, -0.2) is 23.7 Å². The quantitative estimate of drug-likeness (QED) is 0.818. The Hall–Kier alpha value is -1.79. The van der Waals surface area contributed by atoms with Crippen LogP contribution in [0, 0.1) is 24.7 Å². The molecule has 1 rings (SSSR count). The van der Waals surface area contributed by atoms with Gasteiger partial charge in [0.05, 0.1) is 0 Å². The Morgan fingerprint density at radius 1 is 1.29 bits per heavy atom. The molecule has 0 aromatic heterocycles. The summed E-state index contributed by atoms with van der Waals surface area (Å²) in [5, 5.41) is 11.7. The molecule has 2 N–H and O–H groups in total. The molecule has 0 saturated carbocycles. The lowest BCUT2D eigenvalue weighted by Gasteiger charge is -2.15. The molecule has 3 heteroatoms. The van der Waals surface area contributed by atoms with Crippen LogP contribution in [0.4, 0.5) is 0 Å². The third-order valence-electron chi connectivity index (χ3n) is 3.35. The number of carbonyl (C=O) groups is 1. The predicted molar refractivity (Wildman–Crippen MR) is 86.1 cm³/mol. The third kappa shape index (κ3) is 6.01. The van der Waals surface area contributed by atoms with E-state index in [0.29, 0.717) is 11.5 Å². The summed E-state index contributed by atoms with van der Waals surface area (Å²) in [7, 11) is 0.